The quantitative estimate of drug-likeness (QED) is 0.292. The fraction of sp³-hybridized carbons (Fsp3) is 0.353. The molecule has 6 rings (SSSR count). The molecule has 0 radical (unpaired) electrons. The average molecular weight is 551 g/mol. The topological polar surface area (TPSA) is 68.9 Å². The third-order valence-electron chi connectivity index (χ3n) is 9.07. The summed E-state index contributed by atoms with van der Waals surface area (Å²) in [6, 6.07) is 24.4. The van der Waals surface area contributed by atoms with Gasteiger partial charge in [-0.05, 0) is 80.1 Å². The molecule has 1 N–H and O–H groups in total. The van der Waals surface area contributed by atoms with Crippen molar-refractivity contribution in [2.24, 2.45) is 0 Å². The third-order valence-corrected chi connectivity index (χ3v) is 9.07. The number of H-pyrrole nitrogens is 1. The van der Waals surface area contributed by atoms with Gasteiger partial charge in [-0.25, -0.2) is 4.79 Å². The van der Waals surface area contributed by atoms with Crippen LogP contribution in [0.5, 0.6) is 0 Å². The number of carbonyl (C=O) groups excluding carboxylic acids is 2. The number of aromatic nitrogens is 1. The number of ether oxygens (including phenoxy) is 1. The monoisotopic (exact) mass is 550 g/mol. The van der Waals surface area contributed by atoms with E-state index in [-0.39, 0.29) is 11.9 Å². The molecular formula is C34H38N4O3. The molecule has 1 aromatic heterocycles. The molecule has 7 nitrogen and oxygen atoms in total. The lowest BCUT2D eigenvalue weighted by molar-refractivity contribution is -0.134. The maximum Gasteiger partial charge on any atom is 0.338 e. The molecule has 1 spiro atoms. The average Bonchev–Trinajstić information content (AvgIpc) is 3.54. The van der Waals surface area contributed by atoms with E-state index >= 15 is 0 Å². The maximum absolute atomic E-state index is 14.2. The standard InChI is InChI=1S/C34H38N4O3/c1-25-27(10-8-15-29(25)32(39)41-2)23-37-24-38(28-12-4-3-5-13-28)34(33(37)40)17-20-36(21-18-34)19-9-11-26-22-35-31-16-7-6-14-30(26)31/h3-8,10,12-16,22,35H,9,11,17-21,23-24H2,1-2H3. The number of nitrogens with zero attached hydrogens (tertiary/aromatic N) is 3. The Morgan fingerprint density at radius 2 is 1.71 bits per heavy atom. The van der Waals surface area contributed by atoms with Crippen LogP contribution in [0.15, 0.2) is 79.0 Å². The number of hydrogen-bond donors (Lipinski definition) is 1. The van der Waals surface area contributed by atoms with Crippen molar-refractivity contribution in [2.75, 3.05) is 38.3 Å². The third kappa shape index (κ3) is 5.10. The Balaban J connectivity index is 1.16. The highest BCUT2D eigenvalue weighted by molar-refractivity contribution is 5.94. The van der Waals surface area contributed by atoms with E-state index in [4.69, 9.17) is 4.74 Å². The molecule has 4 aromatic rings. The smallest absolute Gasteiger partial charge is 0.338 e. The van der Waals surface area contributed by atoms with E-state index in [1.165, 1.54) is 23.6 Å². The van der Waals surface area contributed by atoms with Crippen LogP contribution in [0, 0.1) is 6.92 Å². The number of esters is 1. The highest BCUT2D eigenvalue weighted by Gasteiger charge is 2.53. The maximum atomic E-state index is 14.2. The summed E-state index contributed by atoms with van der Waals surface area (Å²) in [5.74, 6) is -0.167. The molecule has 41 heavy (non-hydrogen) atoms. The summed E-state index contributed by atoms with van der Waals surface area (Å²) in [5, 5.41) is 1.31. The van der Waals surface area contributed by atoms with E-state index in [9.17, 15) is 9.59 Å². The number of rotatable bonds is 8. The van der Waals surface area contributed by atoms with Gasteiger partial charge in [0, 0.05) is 42.4 Å². The van der Waals surface area contributed by atoms with Crippen molar-refractivity contribution in [3.05, 3.63) is 101 Å². The second-order valence-electron chi connectivity index (χ2n) is 11.3. The van der Waals surface area contributed by atoms with Gasteiger partial charge >= 0.3 is 5.97 Å². The van der Waals surface area contributed by atoms with Crippen molar-refractivity contribution in [1.29, 1.82) is 0 Å². The number of piperidine rings is 1. The summed E-state index contributed by atoms with van der Waals surface area (Å²) < 4.78 is 4.97. The predicted octanol–water partition coefficient (Wildman–Crippen LogP) is 5.54. The number of amides is 1. The van der Waals surface area contributed by atoms with Gasteiger partial charge in [-0.2, -0.15) is 0 Å². The Labute approximate surface area is 241 Å². The summed E-state index contributed by atoms with van der Waals surface area (Å²) in [6.07, 6.45) is 5.87. The fourth-order valence-corrected chi connectivity index (χ4v) is 6.69. The minimum atomic E-state index is -0.553. The van der Waals surface area contributed by atoms with E-state index in [1.54, 1.807) is 6.07 Å². The molecule has 1 amide bonds. The van der Waals surface area contributed by atoms with E-state index in [0.29, 0.717) is 18.8 Å². The van der Waals surface area contributed by atoms with Crippen molar-refractivity contribution in [3.63, 3.8) is 0 Å². The summed E-state index contributed by atoms with van der Waals surface area (Å²) in [4.78, 5) is 36.7. The van der Waals surface area contributed by atoms with Crippen LogP contribution in [0.1, 0.15) is 46.3 Å². The molecule has 0 unspecified atom stereocenters. The Bertz CT molecular complexity index is 1540. The lowest BCUT2D eigenvalue weighted by Crippen LogP contribution is -2.56. The lowest BCUT2D eigenvalue weighted by Gasteiger charge is -2.43. The van der Waals surface area contributed by atoms with Crippen molar-refractivity contribution in [1.82, 2.24) is 14.8 Å². The van der Waals surface area contributed by atoms with Crippen LogP contribution in [-0.2, 0) is 22.5 Å². The first-order chi connectivity index (χ1) is 20.0. The molecular weight excluding hydrogens is 512 g/mol. The molecule has 2 saturated heterocycles. The van der Waals surface area contributed by atoms with Crippen LogP contribution in [-0.4, -0.2) is 65.6 Å². The molecule has 0 saturated carbocycles. The van der Waals surface area contributed by atoms with Crippen LogP contribution >= 0.6 is 0 Å². The van der Waals surface area contributed by atoms with Crippen molar-refractivity contribution in [3.8, 4) is 0 Å². The van der Waals surface area contributed by atoms with E-state index < -0.39 is 5.54 Å². The first kappa shape index (κ1) is 27.1. The number of hydrogen-bond acceptors (Lipinski definition) is 5. The number of aryl methyl sites for hydroxylation is 1. The molecule has 7 heteroatoms. The largest absolute Gasteiger partial charge is 0.465 e. The Morgan fingerprint density at radius 3 is 2.49 bits per heavy atom. The second kappa shape index (κ2) is 11.4. The lowest BCUT2D eigenvalue weighted by atomic mass is 9.85. The molecule has 2 aliphatic rings. The zero-order valence-corrected chi connectivity index (χ0v) is 23.9. The molecule has 0 aliphatic carbocycles. The summed E-state index contributed by atoms with van der Waals surface area (Å²) in [5.41, 5.74) is 5.48. The predicted molar refractivity (Wildman–Crippen MR) is 162 cm³/mol. The Morgan fingerprint density at radius 1 is 0.951 bits per heavy atom. The zero-order chi connectivity index (χ0) is 28.4. The minimum absolute atomic E-state index is 0.183. The summed E-state index contributed by atoms with van der Waals surface area (Å²) >= 11 is 0. The second-order valence-corrected chi connectivity index (χ2v) is 11.3. The number of para-hydroxylation sites is 2. The van der Waals surface area contributed by atoms with E-state index in [2.05, 4.69) is 57.4 Å². The number of carbonyl (C=O) groups is 2. The first-order valence-electron chi connectivity index (χ1n) is 14.6. The SMILES string of the molecule is COC(=O)c1cccc(CN2CN(c3ccccc3)C3(CCN(CCCc4c[nH]c5ccccc45)CC3)C2=O)c1C. The number of nitrogens with one attached hydrogen (secondary N) is 1. The Hall–Kier alpha value is -4.10. The van der Waals surface area contributed by atoms with Gasteiger partial charge in [0.15, 0.2) is 0 Å². The van der Waals surface area contributed by atoms with Crippen LogP contribution < -0.4 is 4.90 Å². The van der Waals surface area contributed by atoms with Gasteiger partial charge in [0.25, 0.3) is 0 Å². The number of likely N-dealkylation sites (tertiary alicyclic amines) is 1. The van der Waals surface area contributed by atoms with Gasteiger partial charge in [-0.3, -0.25) is 4.79 Å². The van der Waals surface area contributed by atoms with Crippen LogP contribution in [0.2, 0.25) is 0 Å². The van der Waals surface area contributed by atoms with Gasteiger partial charge in [-0.15, -0.1) is 0 Å². The van der Waals surface area contributed by atoms with Crippen LogP contribution in [0.4, 0.5) is 5.69 Å². The molecule has 212 valence electrons. The summed E-state index contributed by atoms with van der Waals surface area (Å²) in [6.45, 7) is 5.75. The number of aromatic amines is 1. The number of benzene rings is 3. The van der Waals surface area contributed by atoms with Crippen LogP contribution in [0.3, 0.4) is 0 Å². The zero-order valence-electron chi connectivity index (χ0n) is 23.9. The van der Waals surface area contributed by atoms with Crippen molar-refractivity contribution < 1.29 is 14.3 Å². The molecule has 0 bridgehead atoms. The van der Waals surface area contributed by atoms with Gasteiger partial charge < -0.3 is 24.4 Å². The van der Waals surface area contributed by atoms with Gasteiger partial charge in [0.05, 0.1) is 19.3 Å². The number of methoxy groups -OCH3 is 1. The molecule has 2 fully saturated rings. The van der Waals surface area contributed by atoms with Crippen molar-refractivity contribution >= 4 is 28.5 Å². The van der Waals surface area contributed by atoms with Gasteiger partial charge in [0.1, 0.15) is 5.54 Å². The first-order valence-corrected chi connectivity index (χ1v) is 14.6. The van der Waals surface area contributed by atoms with Gasteiger partial charge in [-0.1, -0.05) is 48.5 Å². The normalized spacial score (nSPS) is 17.1. The molecule has 3 heterocycles. The minimum Gasteiger partial charge on any atom is -0.465 e. The number of anilines is 1. The van der Waals surface area contributed by atoms with E-state index in [0.717, 1.165) is 62.1 Å². The van der Waals surface area contributed by atoms with Gasteiger partial charge in [0.2, 0.25) is 5.91 Å². The molecule has 0 atom stereocenters. The molecule has 3 aromatic carbocycles. The highest BCUT2D eigenvalue weighted by atomic mass is 16.5. The molecule has 2 aliphatic heterocycles. The Kier molecular flexibility index (Phi) is 7.54. The summed E-state index contributed by atoms with van der Waals surface area (Å²) in [7, 11) is 1.40. The van der Waals surface area contributed by atoms with E-state index in [1.807, 2.05) is 42.2 Å². The van der Waals surface area contributed by atoms with Crippen molar-refractivity contribution in [2.45, 2.75) is 44.7 Å². The highest BCUT2D eigenvalue weighted by Crippen LogP contribution is 2.40. The number of fused-ring (bicyclic) bond motifs is 1. The van der Waals surface area contributed by atoms with Crippen LogP contribution in [0.25, 0.3) is 10.9 Å². The fourth-order valence-electron chi connectivity index (χ4n) is 6.69.